The molecule has 2 aromatic heterocycles. The standard InChI is InChI=1S/C16H23N3O2/c1-3-5-9-12(8-4-2)17-15-14(16(20)21)19-11-7-6-10-13(19)18-15/h6-7,10-12,17H,3-5,8-9H2,1-2H3,(H,20,21). The first-order chi connectivity index (χ1) is 10.2. The summed E-state index contributed by atoms with van der Waals surface area (Å²) >= 11 is 0. The molecule has 2 heterocycles. The first-order valence-corrected chi connectivity index (χ1v) is 7.64. The van der Waals surface area contributed by atoms with Crippen molar-refractivity contribution in [2.75, 3.05) is 5.32 Å². The molecule has 0 aromatic carbocycles. The zero-order valence-corrected chi connectivity index (χ0v) is 12.7. The van der Waals surface area contributed by atoms with Gasteiger partial charge in [-0.25, -0.2) is 9.78 Å². The predicted molar refractivity (Wildman–Crippen MR) is 84.0 cm³/mol. The van der Waals surface area contributed by atoms with Crippen LogP contribution < -0.4 is 5.32 Å². The van der Waals surface area contributed by atoms with Crippen LogP contribution in [0.5, 0.6) is 0 Å². The molecule has 0 aliphatic carbocycles. The van der Waals surface area contributed by atoms with Crippen molar-refractivity contribution >= 4 is 17.4 Å². The van der Waals surface area contributed by atoms with Gasteiger partial charge in [0.1, 0.15) is 5.65 Å². The summed E-state index contributed by atoms with van der Waals surface area (Å²) < 4.78 is 1.62. The third kappa shape index (κ3) is 3.54. The normalized spacial score (nSPS) is 12.5. The lowest BCUT2D eigenvalue weighted by Crippen LogP contribution is -2.21. The van der Waals surface area contributed by atoms with Gasteiger partial charge in [-0.1, -0.05) is 39.2 Å². The minimum absolute atomic E-state index is 0.211. The topological polar surface area (TPSA) is 66.6 Å². The number of rotatable bonds is 8. The van der Waals surface area contributed by atoms with E-state index in [0.717, 1.165) is 32.1 Å². The second-order valence-electron chi connectivity index (χ2n) is 5.32. The van der Waals surface area contributed by atoms with E-state index in [-0.39, 0.29) is 11.7 Å². The van der Waals surface area contributed by atoms with E-state index < -0.39 is 5.97 Å². The van der Waals surface area contributed by atoms with Crippen LogP contribution >= 0.6 is 0 Å². The summed E-state index contributed by atoms with van der Waals surface area (Å²) in [6, 6.07) is 5.76. The molecular formula is C16H23N3O2. The number of unbranched alkanes of at least 4 members (excludes halogenated alkanes) is 1. The minimum Gasteiger partial charge on any atom is -0.476 e. The smallest absolute Gasteiger partial charge is 0.356 e. The summed E-state index contributed by atoms with van der Waals surface area (Å²) in [6.45, 7) is 4.30. The Hall–Kier alpha value is -2.04. The number of nitrogens with one attached hydrogen (secondary N) is 1. The maximum Gasteiger partial charge on any atom is 0.356 e. The Bertz CT molecular complexity index is 607. The zero-order chi connectivity index (χ0) is 15.2. The predicted octanol–water partition coefficient (Wildman–Crippen LogP) is 3.80. The second-order valence-corrected chi connectivity index (χ2v) is 5.32. The molecule has 0 fully saturated rings. The number of anilines is 1. The maximum absolute atomic E-state index is 11.5. The van der Waals surface area contributed by atoms with E-state index in [2.05, 4.69) is 24.1 Å². The van der Waals surface area contributed by atoms with E-state index in [1.54, 1.807) is 10.6 Å². The Labute approximate surface area is 125 Å². The molecule has 0 bridgehead atoms. The molecule has 0 saturated heterocycles. The van der Waals surface area contributed by atoms with Gasteiger partial charge in [0.25, 0.3) is 0 Å². The molecule has 114 valence electrons. The number of hydrogen-bond acceptors (Lipinski definition) is 3. The van der Waals surface area contributed by atoms with Crippen LogP contribution in [0.2, 0.25) is 0 Å². The highest BCUT2D eigenvalue weighted by Gasteiger charge is 2.20. The molecule has 0 amide bonds. The van der Waals surface area contributed by atoms with Gasteiger partial charge in [-0.15, -0.1) is 0 Å². The fourth-order valence-electron chi connectivity index (χ4n) is 2.58. The molecule has 0 spiro atoms. The maximum atomic E-state index is 11.5. The molecule has 0 aliphatic heterocycles. The number of carboxylic acid groups (broad SMARTS) is 1. The van der Waals surface area contributed by atoms with E-state index in [4.69, 9.17) is 0 Å². The summed E-state index contributed by atoms with van der Waals surface area (Å²) in [4.78, 5) is 16.0. The molecule has 5 nitrogen and oxygen atoms in total. The number of aromatic nitrogens is 2. The fraction of sp³-hybridized carbons (Fsp3) is 0.500. The highest BCUT2D eigenvalue weighted by atomic mass is 16.4. The Morgan fingerprint density at radius 1 is 1.33 bits per heavy atom. The number of hydrogen-bond donors (Lipinski definition) is 2. The largest absolute Gasteiger partial charge is 0.476 e. The van der Waals surface area contributed by atoms with Crippen LogP contribution in [-0.4, -0.2) is 26.5 Å². The van der Waals surface area contributed by atoms with Crippen molar-refractivity contribution in [3.8, 4) is 0 Å². The Morgan fingerprint density at radius 3 is 2.81 bits per heavy atom. The zero-order valence-electron chi connectivity index (χ0n) is 12.7. The van der Waals surface area contributed by atoms with Gasteiger partial charge in [-0.05, 0) is 25.0 Å². The van der Waals surface area contributed by atoms with E-state index >= 15 is 0 Å². The van der Waals surface area contributed by atoms with Gasteiger partial charge in [0.2, 0.25) is 0 Å². The van der Waals surface area contributed by atoms with E-state index in [1.165, 1.54) is 0 Å². The monoisotopic (exact) mass is 289 g/mol. The lowest BCUT2D eigenvalue weighted by atomic mass is 10.1. The fourth-order valence-corrected chi connectivity index (χ4v) is 2.58. The average Bonchev–Trinajstić information content (AvgIpc) is 2.82. The number of pyridine rings is 1. The molecule has 0 aliphatic rings. The number of imidazole rings is 1. The molecule has 2 aromatic rings. The third-order valence-electron chi connectivity index (χ3n) is 3.62. The molecule has 2 N–H and O–H groups in total. The lowest BCUT2D eigenvalue weighted by molar-refractivity contribution is 0.0690. The van der Waals surface area contributed by atoms with Gasteiger partial charge in [-0.3, -0.25) is 4.40 Å². The molecule has 1 unspecified atom stereocenters. The van der Waals surface area contributed by atoms with Gasteiger partial charge in [0.05, 0.1) is 0 Å². The van der Waals surface area contributed by atoms with Gasteiger partial charge >= 0.3 is 5.97 Å². The SMILES string of the molecule is CCCCC(CCC)Nc1nc2ccccn2c1C(=O)O. The van der Waals surface area contributed by atoms with Crippen LogP contribution in [0.3, 0.4) is 0 Å². The summed E-state index contributed by atoms with van der Waals surface area (Å²) in [5, 5.41) is 12.8. The number of carboxylic acids is 1. The molecule has 1 atom stereocenters. The molecule has 5 heteroatoms. The number of carbonyl (C=O) groups is 1. The van der Waals surface area contributed by atoms with E-state index in [9.17, 15) is 9.90 Å². The quantitative estimate of drug-likeness (QED) is 0.775. The van der Waals surface area contributed by atoms with Crippen LogP contribution in [-0.2, 0) is 0 Å². The summed E-state index contributed by atoms with van der Waals surface area (Å²) in [7, 11) is 0. The van der Waals surface area contributed by atoms with Crippen molar-refractivity contribution in [3.05, 3.63) is 30.1 Å². The van der Waals surface area contributed by atoms with Crippen molar-refractivity contribution in [1.29, 1.82) is 0 Å². The molecule has 0 saturated carbocycles. The van der Waals surface area contributed by atoms with E-state index in [1.807, 2.05) is 18.2 Å². The van der Waals surface area contributed by atoms with Crippen molar-refractivity contribution in [1.82, 2.24) is 9.38 Å². The van der Waals surface area contributed by atoms with Crippen LogP contribution in [0.25, 0.3) is 5.65 Å². The average molecular weight is 289 g/mol. The van der Waals surface area contributed by atoms with Crippen molar-refractivity contribution in [3.63, 3.8) is 0 Å². The number of aromatic carboxylic acids is 1. The van der Waals surface area contributed by atoms with Crippen LogP contribution in [0.1, 0.15) is 56.4 Å². The Morgan fingerprint density at radius 2 is 2.14 bits per heavy atom. The third-order valence-corrected chi connectivity index (χ3v) is 3.62. The molecular weight excluding hydrogens is 266 g/mol. The first kappa shape index (κ1) is 15.4. The summed E-state index contributed by atoms with van der Waals surface area (Å²) in [5.74, 6) is -0.481. The molecule has 21 heavy (non-hydrogen) atoms. The van der Waals surface area contributed by atoms with Gasteiger partial charge in [0, 0.05) is 12.2 Å². The Balaban J connectivity index is 2.31. The number of fused-ring (bicyclic) bond motifs is 1. The van der Waals surface area contributed by atoms with Crippen LogP contribution in [0.15, 0.2) is 24.4 Å². The van der Waals surface area contributed by atoms with Crippen molar-refractivity contribution < 1.29 is 9.90 Å². The highest BCUT2D eigenvalue weighted by Crippen LogP contribution is 2.21. The summed E-state index contributed by atoms with van der Waals surface area (Å²) in [6.07, 6.45) is 7.13. The van der Waals surface area contributed by atoms with Crippen LogP contribution in [0, 0.1) is 0 Å². The highest BCUT2D eigenvalue weighted by molar-refractivity contribution is 5.93. The lowest BCUT2D eigenvalue weighted by Gasteiger charge is -2.17. The first-order valence-electron chi connectivity index (χ1n) is 7.64. The van der Waals surface area contributed by atoms with Crippen LogP contribution in [0.4, 0.5) is 5.82 Å². The second kappa shape index (κ2) is 7.11. The van der Waals surface area contributed by atoms with Crippen molar-refractivity contribution in [2.24, 2.45) is 0 Å². The van der Waals surface area contributed by atoms with Gasteiger partial charge < -0.3 is 10.4 Å². The van der Waals surface area contributed by atoms with Gasteiger partial charge in [0.15, 0.2) is 11.5 Å². The number of nitrogens with zero attached hydrogens (tertiary/aromatic N) is 2. The minimum atomic E-state index is -0.957. The molecule has 2 rings (SSSR count). The Kier molecular flexibility index (Phi) is 5.20. The van der Waals surface area contributed by atoms with E-state index in [0.29, 0.717) is 11.5 Å². The van der Waals surface area contributed by atoms with Gasteiger partial charge in [-0.2, -0.15) is 0 Å². The molecule has 0 radical (unpaired) electrons. The summed E-state index contributed by atoms with van der Waals surface area (Å²) in [5.41, 5.74) is 0.867. The van der Waals surface area contributed by atoms with Crippen molar-refractivity contribution in [2.45, 2.75) is 52.0 Å².